The zero-order valence-corrected chi connectivity index (χ0v) is 8.27. The molecule has 5 heteroatoms. The minimum atomic E-state index is -0.797. The van der Waals surface area contributed by atoms with E-state index < -0.39 is 6.10 Å². The number of aliphatic hydroxyl groups excluding tert-OH is 1. The maximum atomic E-state index is 9.93. The molecule has 0 spiro atoms. The molecule has 1 atom stereocenters. The predicted molar refractivity (Wildman–Crippen MR) is 51.0 cm³/mol. The van der Waals surface area contributed by atoms with Gasteiger partial charge in [-0.3, -0.25) is 4.68 Å². The number of nitrogens with zero attached hydrogens (tertiary/aromatic N) is 2. The number of furan rings is 1. The highest BCUT2D eigenvalue weighted by atomic mass is 35.5. The Hall–Kier alpha value is -1.26. The van der Waals surface area contributed by atoms with Crippen LogP contribution >= 0.6 is 11.6 Å². The van der Waals surface area contributed by atoms with Gasteiger partial charge in [-0.15, -0.1) is 0 Å². The number of aromatic nitrogens is 2. The van der Waals surface area contributed by atoms with Crippen LogP contribution in [0.2, 0.25) is 5.02 Å². The molecule has 0 fully saturated rings. The largest absolute Gasteiger partial charge is 0.472 e. The van der Waals surface area contributed by atoms with Crippen molar-refractivity contribution in [1.82, 2.24) is 9.78 Å². The SMILES string of the molecule is Cn1ncc(Cl)c1C(O)c1ccoc1. The Morgan fingerprint density at radius 1 is 1.64 bits per heavy atom. The Balaban J connectivity index is 2.41. The van der Waals surface area contributed by atoms with Gasteiger partial charge in [0.15, 0.2) is 0 Å². The van der Waals surface area contributed by atoms with Crippen molar-refractivity contribution in [2.24, 2.45) is 7.05 Å². The van der Waals surface area contributed by atoms with E-state index in [1.165, 1.54) is 18.7 Å². The third kappa shape index (κ3) is 1.42. The summed E-state index contributed by atoms with van der Waals surface area (Å²) in [6.07, 6.45) is 3.69. The third-order valence-electron chi connectivity index (χ3n) is 2.06. The van der Waals surface area contributed by atoms with Crippen LogP contribution in [0.3, 0.4) is 0 Å². The van der Waals surface area contributed by atoms with Gasteiger partial charge in [-0.25, -0.2) is 0 Å². The van der Waals surface area contributed by atoms with Gasteiger partial charge in [0.1, 0.15) is 6.10 Å². The van der Waals surface area contributed by atoms with E-state index in [1.807, 2.05) is 0 Å². The highest BCUT2D eigenvalue weighted by Crippen LogP contribution is 2.27. The van der Waals surface area contributed by atoms with Gasteiger partial charge in [0.25, 0.3) is 0 Å². The Morgan fingerprint density at radius 3 is 2.93 bits per heavy atom. The molecule has 14 heavy (non-hydrogen) atoms. The fraction of sp³-hybridized carbons (Fsp3) is 0.222. The molecule has 0 saturated carbocycles. The highest BCUT2D eigenvalue weighted by molar-refractivity contribution is 6.31. The Morgan fingerprint density at radius 2 is 2.43 bits per heavy atom. The normalized spacial score (nSPS) is 13.1. The van der Waals surface area contributed by atoms with Gasteiger partial charge in [-0.2, -0.15) is 5.10 Å². The van der Waals surface area contributed by atoms with Crippen molar-refractivity contribution in [3.8, 4) is 0 Å². The van der Waals surface area contributed by atoms with Gasteiger partial charge in [0.05, 0.1) is 29.4 Å². The van der Waals surface area contributed by atoms with Crippen molar-refractivity contribution in [3.63, 3.8) is 0 Å². The van der Waals surface area contributed by atoms with E-state index in [2.05, 4.69) is 5.10 Å². The number of rotatable bonds is 2. The lowest BCUT2D eigenvalue weighted by atomic mass is 10.1. The van der Waals surface area contributed by atoms with E-state index in [0.717, 1.165) is 0 Å². The lowest BCUT2D eigenvalue weighted by molar-refractivity contribution is 0.209. The summed E-state index contributed by atoms with van der Waals surface area (Å²) < 4.78 is 6.42. The first-order chi connectivity index (χ1) is 6.70. The maximum absolute atomic E-state index is 9.93. The molecule has 0 aliphatic carbocycles. The first kappa shape index (κ1) is 9.30. The number of hydrogen-bond acceptors (Lipinski definition) is 3. The molecule has 0 radical (unpaired) electrons. The summed E-state index contributed by atoms with van der Waals surface area (Å²) in [5.41, 5.74) is 1.23. The molecule has 4 nitrogen and oxygen atoms in total. The molecule has 74 valence electrons. The second-order valence-electron chi connectivity index (χ2n) is 2.96. The molecule has 0 aliphatic rings. The van der Waals surface area contributed by atoms with E-state index in [4.69, 9.17) is 16.0 Å². The summed E-state index contributed by atoms with van der Waals surface area (Å²) in [4.78, 5) is 0. The molecule has 2 aromatic heterocycles. The van der Waals surface area contributed by atoms with Crippen LogP contribution in [0.4, 0.5) is 0 Å². The van der Waals surface area contributed by atoms with Gasteiger partial charge < -0.3 is 9.52 Å². The summed E-state index contributed by atoms with van der Waals surface area (Å²) in [7, 11) is 1.73. The summed E-state index contributed by atoms with van der Waals surface area (Å²) >= 11 is 5.88. The molecule has 1 unspecified atom stereocenters. The molecule has 2 rings (SSSR count). The topological polar surface area (TPSA) is 51.2 Å². The van der Waals surface area contributed by atoms with E-state index in [1.54, 1.807) is 17.8 Å². The fourth-order valence-electron chi connectivity index (χ4n) is 1.32. The predicted octanol–water partition coefficient (Wildman–Crippen LogP) is 1.75. The average molecular weight is 213 g/mol. The van der Waals surface area contributed by atoms with Crippen LogP contribution in [0.1, 0.15) is 17.4 Å². The quantitative estimate of drug-likeness (QED) is 0.825. The molecule has 2 aromatic rings. The summed E-state index contributed by atoms with van der Waals surface area (Å²) in [6.45, 7) is 0. The maximum Gasteiger partial charge on any atom is 0.125 e. The standard InChI is InChI=1S/C9H9ClN2O2/c1-12-8(7(10)4-11-12)9(13)6-2-3-14-5-6/h2-5,9,13H,1H3. The van der Waals surface area contributed by atoms with Crippen LogP contribution in [0, 0.1) is 0 Å². The molecule has 0 aliphatic heterocycles. The van der Waals surface area contributed by atoms with E-state index in [0.29, 0.717) is 16.3 Å². The van der Waals surface area contributed by atoms with Crippen molar-refractivity contribution >= 4 is 11.6 Å². The van der Waals surface area contributed by atoms with Crippen LogP contribution in [-0.2, 0) is 7.05 Å². The third-order valence-corrected chi connectivity index (χ3v) is 2.35. The lowest BCUT2D eigenvalue weighted by Crippen LogP contribution is -2.06. The summed E-state index contributed by atoms with van der Waals surface area (Å²) in [5, 5.41) is 14.3. The second kappa shape index (κ2) is 3.48. The molecular formula is C9H9ClN2O2. The monoisotopic (exact) mass is 212 g/mol. The van der Waals surface area contributed by atoms with Crippen molar-refractivity contribution in [1.29, 1.82) is 0 Å². The van der Waals surface area contributed by atoms with E-state index in [9.17, 15) is 5.11 Å². The summed E-state index contributed by atoms with van der Waals surface area (Å²) in [6, 6.07) is 1.69. The minimum Gasteiger partial charge on any atom is -0.472 e. The number of hydrogen-bond donors (Lipinski definition) is 1. The van der Waals surface area contributed by atoms with E-state index >= 15 is 0 Å². The first-order valence-electron chi connectivity index (χ1n) is 4.07. The van der Waals surface area contributed by atoms with Gasteiger partial charge in [0.2, 0.25) is 0 Å². The van der Waals surface area contributed by atoms with Gasteiger partial charge in [-0.1, -0.05) is 11.6 Å². The fourth-order valence-corrected chi connectivity index (χ4v) is 1.59. The first-order valence-corrected chi connectivity index (χ1v) is 4.45. The van der Waals surface area contributed by atoms with Crippen molar-refractivity contribution in [2.45, 2.75) is 6.10 Å². The summed E-state index contributed by atoms with van der Waals surface area (Å²) in [5.74, 6) is 0. The lowest BCUT2D eigenvalue weighted by Gasteiger charge is -2.09. The van der Waals surface area contributed by atoms with Crippen LogP contribution in [-0.4, -0.2) is 14.9 Å². The van der Waals surface area contributed by atoms with Crippen LogP contribution < -0.4 is 0 Å². The van der Waals surface area contributed by atoms with Gasteiger partial charge in [0, 0.05) is 12.6 Å². The molecule has 0 saturated heterocycles. The van der Waals surface area contributed by atoms with Crippen LogP contribution in [0.5, 0.6) is 0 Å². The zero-order valence-electron chi connectivity index (χ0n) is 7.51. The zero-order chi connectivity index (χ0) is 10.1. The van der Waals surface area contributed by atoms with Gasteiger partial charge in [-0.05, 0) is 6.07 Å². The molecule has 2 heterocycles. The van der Waals surface area contributed by atoms with Crippen molar-refractivity contribution < 1.29 is 9.52 Å². The Bertz CT molecular complexity index is 402. The smallest absolute Gasteiger partial charge is 0.125 e. The molecule has 1 N–H and O–H groups in total. The molecular weight excluding hydrogens is 204 g/mol. The minimum absolute atomic E-state index is 0.446. The van der Waals surface area contributed by atoms with E-state index in [-0.39, 0.29) is 0 Å². The van der Waals surface area contributed by atoms with Crippen molar-refractivity contribution in [3.05, 3.63) is 41.1 Å². The van der Waals surface area contributed by atoms with Crippen LogP contribution in [0.25, 0.3) is 0 Å². The number of halogens is 1. The number of aliphatic hydroxyl groups is 1. The molecule has 0 aromatic carbocycles. The van der Waals surface area contributed by atoms with Crippen LogP contribution in [0.15, 0.2) is 29.2 Å². The molecule has 0 amide bonds. The Labute approximate surface area is 85.7 Å². The highest BCUT2D eigenvalue weighted by Gasteiger charge is 2.18. The van der Waals surface area contributed by atoms with Crippen molar-refractivity contribution in [2.75, 3.05) is 0 Å². The Kier molecular flexibility index (Phi) is 2.31. The second-order valence-corrected chi connectivity index (χ2v) is 3.37. The van der Waals surface area contributed by atoms with Gasteiger partial charge >= 0.3 is 0 Å². The number of aryl methyl sites for hydroxylation is 1. The molecule has 0 bridgehead atoms. The average Bonchev–Trinajstić information content (AvgIpc) is 2.75.